The Balaban J connectivity index is 1.77. The summed E-state index contributed by atoms with van der Waals surface area (Å²) in [4.78, 5) is 2.73. The van der Waals surface area contributed by atoms with Crippen molar-refractivity contribution >= 4 is 0 Å². The summed E-state index contributed by atoms with van der Waals surface area (Å²) in [5.41, 5.74) is 0. The largest absolute Gasteiger partial charge is 0.310 e. The van der Waals surface area contributed by atoms with Crippen LogP contribution in [0.3, 0.4) is 0 Å². The van der Waals surface area contributed by atoms with Gasteiger partial charge in [0.15, 0.2) is 0 Å². The quantitative estimate of drug-likeness (QED) is 0.746. The molecule has 1 saturated heterocycles. The predicted molar refractivity (Wildman–Crippen MR) is 69.7 cm³/mol. The van der Waals surface area contributed by atoms with Gasteiger partial charge in [0.1, 0.15) is 0 Å². The van der Waals surface area contributed by atoms with Crippen LogP contribution in [0.4, 0.5) is 0 Å². The summed E-state index contributed by atoms with van der Waals surface area (Å²) in [5, 5.41) is 3.87. The first-order valence-electron chi connectivity index (χ1n) is 7.26. The fraction of sp³-hybridized carbons (Fsp3) is 1.00. The van der Waals surface area contributed by atoms with Crippen molar-refractivity contribution in [1.29, 1.82) is 0 Å². The molecule has 3 unspecified atom stereocenters. The number of rotatable bonds is 6. The lowest BCUT2D eigenvalue weighted by atomic mass is 10.1. The lowest BCUT2D eigenvalue weighted by molar-refractivity contribution is 0.253. The van der Waals surface area contributed by atoms with Crippen molar-refractivity contribution in [2.24, 2.45) is 0 Å². The highest BCUT2D eigenvalue weighted by molar-refractivity contribution is 4.96. The molecule has 0 aromatic heterocycles. The van der Waals surface area contributed by atoms with E-state index in [0.717, 1.165) is 24.2 Å². The molecule has 1 aliphatic carbocycles. The van der Waals surface area contributed by atoms with Crippen molar-refractivity contribution in [3.8, 4) is 0 Å². The minimum absolute atomic E-state index is 0.751. The third-order valence-electron chi connectivity index (χ3n) is 4.24. The van der Waals surface area contributed by atoms with Crippen molar-refractivity contribution in [1.82, 2.24) is 10.2 Å². The Bertz CT molecular complexity index is 213. The molecule has 94 valence electrons. The van der Waals surface area contributed by atoms with E-state index in [0.29, 0.717) is 0 Å². The van der Waals surface area contributed by atoms with Crippen LogP contribution in [0.25, 0.3) is 0 Å². The lowest BCUT2D eigenvalue weighted by Gasteiger charge is -2.22. The monoisotopic (exact) mass is 224 g/mol. The Morgan fingerprint density at radius 2 is 2.06 bits per heavy atom. The minimum atomic E-state index is 0.751. The number of hydrogen-bond acceptors (Lipinski definition) is 2. The normalized spacial score (nSPS) is 33.2. The van der Waals surface area contributed by atoms with Gasteiger partial charge in [-0.15, -0.1) is 0 Å². The lowest BCUT2D eigenvalue weighted by Crippen LogP contribution is -2.40. The molecule has 0 aromatic rings. The van der Waals surface area contributed by atoms with Crippen LogP contribution in [0, 0.1) is 0 Å². The van der Waals surface area contributed by atoms with E-state index in [9.17, 15) is 0 Å². The second kappa shape index (κ2) is 5.50. The molecule has 2 heteroatoms. The van der Waals surface area contributed by atoms with Crippen LogP contribution in [0.2, 0.25) is 0 Å². The molecule has 2 fully saturated rings. The van der Waals surface area contributed by atoms with Crippen LogP contribution in [-0.4, -0.2) is 35.6 Å². The van der Waals surface area contributed by atoms with E-state index in [1.165, 1.54) is 45.1 Å². The van der Waals surface area contributed by atoms with Crippen LogP contribution in [-0.2, 0) is 0 Å². The molecule has 3 atom stereocenters. The molecule has 2 aliphatic rings. The summed E-state index contributed by atoms with van der Waals surface area (Å²) in [6, 6.07) is 3.26. The van der Waals surface area contributed by atoms with Crippen molar-refractivity contribution in [2.75, 3.05) is 6.54 Å². The summed E-state index contributed by atoms with van der Waals surface area (Å²) in [6.45, 7) is 8.30. The second-order valence-corrected chi connectivity index (χ2v) is 5.77. The van der Waals surface area contributed by atoms with Gasteiger partial charge in [0.2, 0.25) is 0 Å². The Morgan fingerprint density at radius 1 is 1.31 bits per heavy atom. The highest BCUT2D eigenvalue weighted by atomic mass is 15.3. The molecule has 2 rings (SSSR count). The predicted octanol–water partition coefficient (Wildman–Crippen LogP) is 2.78. The van der Waals surface area contributed by atoms with Crippen molar-refractivity contribution in [3.05, 3.63) is 0 Å². The topological polar surface area (TPSA) is 15.3 Å². The summed E-state index contributed by atoms with van der Waals surface area (Å²) in [5.74, 6) is 0. The van der Waals surface area contributed by atoms with E-state index in [-0.39, 0.29) is 0 Å². The highest BCUT2D eigenvalue weighted by Gasteiger charge is 2.38. The Kier molecular flexibility index (Phi) is 4.26. The van der Waals surface area contributed by atoms with E-state index >= 15 is 0 Å². The first-order chi connectivity index (χ1) is 7.74. The van der Waals surface area contributed by atoms with Gasteiger partial charge < -0.3 is 5.32 Å². The zero-order valence-electron chi connectivity index (χ0n) is 11.2. The van der Waals surface area contributed by atoms with Gasteiger partial charge in [-0.3, -0.25) is 4.90 Å². The molecular weight excluding hydrogens is 196 g/mol. The van der Waals surface area contributed by atoms with Gasteiger partial charge in [-0.2, -0.15) is 0 Å². The van der Waals surface area contributed by atoms with Crippen LogP contribution < -0.4 is 5.32 Å². The molecule has 2 nitrogen and oxygen atoms in total. The summed E-state index contributed by atoms with van der Waals surface area (Å²) < 4.78 is 0. The van der Waals surface area contributed by atoms with Gasteiger partial charge in [-0.05, 0) is 39.0 Å². The molecule has 0 radical (unpaired) electrons. The first-order valence-corrected chi connectivity index (χ1v) is 7.26. The average Bonchev–Trinajstić information content (AvgIpc) is 3.03. The molecule has 0 aromatic carbocycles. The van der Waals surface area contributed by atoms with Crippen LogP contribution in [0.15, 0.2) is 0 Å². The molecule has 1 saturated carbocycles. The first kappa shape index (κ1) is 12.4. The third kappa shape index (κ3) is 2.98. The van der Waals surface area contributed by atoms with E-state index in [2.05, 4.69) is 31.0 Å². The summed E-state index contributed by atoms with van der Waals surface area (Å²) in [6.07, 6.45) is 8.18. The fourth-order valence-electron chi connectivity index (χ4n) is 3.18. The number of nitrogens with zero attached hydrogens (tertiary/aromatic N) is 1. The molecule has 0 spiro atoms. The summed E-state index contributed by atoms with van der Waals surface area (Å²) in [7, 11) is 0. The Morgan fingerprint density at radius 3 is 2.62 bits per heavy atom. The molecule has 1 N–H and O–H groups in total. The maximum Gasteiger partial charge on any atom is 0.0212 e. The van der Waals surface area contributed by atoms with Gasteiger partial charge in [0, 0.05) is 30.7 Å². The third-order valence-corrected chi connectivity index (χ3v) is 4.24. The highest BCUT2D eigenvalue weighted by Crippen LogP contribution is 2.33. The maximum atomic E-state index is 3.87. The smallest absolute Gasteiger partial charge is 0.0212 e. The molecule has 0 amide bonds. The summed E-state index contributed by atoms with van der Waals surface area (Å²) >= 11 is 0. The zero-order chi connectivity index (χ0) is 11.5. The van der Waals surface area contributed by atoms with Crippen molar-refractivity contribution < 1.29 is 0 Å². The number of nitrogens with one attached hydrogen (secondary N) is 1. The number of likely N-dealkylation sites (tertiary alicyclic amines) is 1. The van der Waals surface area contributed by atoms with Crippen molar-refractivity contribution in [2.45, 2.75) is 83.5 Å². The number of hydrogen-bond donors (Lipinski definition) is 1. The second-order valence-electron chi connectivity index (χ2n) is 5.77. The van der Waals surface area contributed by atoms with E-state index in [4.69, 9.17) is 0 Å². The van der Waals surface area contributed by atoms with E-state index in [1.54, 1.807) is 0 Å². The van der Waals surface area contributed by atoms with Crippen LogP contribution in [0.5, 0.6) is 0 Å². The Labute approximate surface area is 101 Å². The molecule has 1 heterocycles. The van der Waals surface area contributed by atoms with Crippen LogP contribution in [0.1, 0.15) is 59.3 Å². The SMILES string of the molecule is CCCC(CC)NC1CC(C)N(C2CC2)C1. The molecular formula is C14H28N2. The molecule has 1 aliphatic heterocycles. The van der Waals surface area contributed by atoms with Gasteiger partial charge >= 0.3 is 0 Å². The molecule has 16 heavy (non-hydrogen) atoms. The van der Waals surface area contributed by atoms with Crippen LogP contribution >= 0.6 is 0 Å². The molecule has 0 bridgehead atoms. The average molecular weight is 224 g/mol. The van der Waals surface area contributed by atoms with E-state index < -0.39 is 0 Å². The van der Waals surface area contributed by atoms with E-state index in [1.807, 2.05) is 0 Å². The minimum Gasteiger partial charge on any atom is -0.310 e. The van der Waals surface area contributed by atoms with Crippen molar-refractivity contribution in [3.63, 3.8) is 0 Å². The standard InChI is InChI=1S/C14H28N2/c1-4-6-12(5-2)15-13-9-11(3)16(10-13)14-7-8-14/h11-15H,4-10H2,1-3H3. The Hall–Kier alpha value is -0.0800. The maximum absolute atomic E-state index is 3.87. The fourth-order valence-corrected chi connectivity index (χ4v) is 3.18. The van der Waals surface area contributed by atoms with Gasteiger partial charge in [0.25, 0.3) is 0 Å². The van der Waals surface area contributed by atoms with Gasteiger partial charge in [-0.25, -0.2) is 0 Å². The van der Waals surface area contributed by atoms with Gasteiger partial charge in [0.05, 0.1) is 0 Å². The zero-order valence-corrected chi connectivity index (χ0v) is 11.2. The van der Waals surface area contributed by atoms with Gasteiger partial charge in [-0.1, -0.05) is 20.3 Å².